The lowest BCUT2D eigenvalue weighted by molar-refractivity contribution is -0.121. The van der Waals surface area contributed by atoms with Crippen LogP contribution in [0.25, 0.3) is 0 Å². The first-order valence-electron chi connectivity index (χ1n) is 6.82. The van der Waals surface area contributed by atoms with Gasteiger partial charge in [0.15, 0.2) is 5.82 Å². The van der Waals surface area contributed by atoms with Crippen LogP contribution in [0.4, 0.5) is 0 Å². The summed E-state index contributed by atoms with van der Waals surface area (Å²) in [7, 11) is 0. The summed E-state index contributed by atoms with van der Waals surface area (Å²) < 4.78 is 4.98. The number of aromatic nitrogens is 2. The van der Waals surface area contributed by atoms with Gasteiger partial charge in [-0.05, 0) is 19.8 Å². The molecule has 0 aromatic carbocycles. The van der Waals surface area contributed by atoms with E-state index in [1.165, 1.54) is 25.7 Å². The molecule has 1 aromatic rings. The van der Waals surface area contributed by atoms with Gasteiger partial charge in [-0.1, -0.05) is 30.8 Å². The Labute approximate surface area is 107 Å². The fourth-order valence-electron chi connectivity index (χ4n) is 2.39. The predicted octanol–water partition coefficient (Wildman–Crippen LogP) is 2.15. The standard InChI is InChI=1S/C13H21N3O2/c1-10-14-13(18-16-10)9-8-12(17)15-11-6-4-2-3-5-7-11/h11H,2-9H2,1H3,(H,15,17). The summed E-state index contributed by atoms with van der Waals surface area (Å²) in [4.78, 5) is 15.9. The Morgan fingerprint density at radius 1 is 1.33 bits per heavy atom. The summed E-state index contributed by atoms with van der Waals surface area (Å²) >= 11 is 0. The first kappa shape index (κ1) is 13.1. The number of carbonyl (C=O) groups excluding carboxylic acids is 1. The van der Waals surface area contributed by atoms with Crippen molar-refractivity contribution < 1.29 is 9.32 Å². The number of nitrogens with zero attached hydrogens (tertiary/aromatic N) is 2. The molecular formula is C13H21N3O2. The van der Waals surface area contributed by atoms with Crippen molar-refractivity contribution in [3.8, 4) is 0 Å². The summed E-state index contributed by atoms with van der Waals surface area (Å²) in [6.07, 6.45) is 8.25. The molecule has 1 aliphatic rings. The van der Waals surface area contributed by atoms with E-state index in [4.69, 9.17) is 4.52 Å². The second-order valence-corrected chi connectivity index (χ2v) is 4.99. The van der Waals surface area contributed by atoms with Crippen molar-refractivity contribution in [2.24, 2.45) is 0 Å². The molecule has 0 saturated heterocycles. The first-order valence-corrected chi connectivity index (χ1v) is 6.82. The van der Waals surface area contributed by atoms with Crippen molar-refractivity contribution in [1.82, 2.24) is 15.5 Å². The van der Waals surface area contributed by atoms with Gasteiger partial charge in [-0.25, -0.2) is 0 Å². The number of amides is 1. The second kappa shape index (κ2) is 6.52. The van der Waals surface area contributed by atoms with Gasteiger partial charge in [-0.2, -0.15) is 4.98 Å². The molecule has 1 amide bonds. The maximum atomic E-state index is 11.8. The number of aryl methyl sites for hydroxylation is 2. The molecule has 1 fully saturated rings. The minimum Gasteiger partial charge on any atom is -0.353 e. The van der Waals surface area contributed by atoms with E-state index in [9.17, 15) is 4.79 Å². The van der Waals surface area contributed by atoms with Crippen molar-refractivity contribution in [3.63, 3.8) is 0 Å². The highest BCUT2D eigenvalue weighted by molar-refractivity contribution is 5.76. The van der Waals surface area contributed by atoms with Crippen LogP contribution in [0, 0.1) is 6.92 Å². The third kappa shape index (κ3) is 4.13. The Balaban J connectivity index is 1.71. The van der Waals surface area contributed by atoms with Gasteiger partial charge in [0.05, 0.1) is 0 Å². The van der Waals surface area contributed by atoms with Crippen LogP contribution in [0.5, 0.6) is 0 Å². The third-order valence-corrected chi connectivity index (χ3v) is 3.36. The van der Waals surface area contributed by atoms with Gasteiger partial charge in [0.25, 0.3) is 0 Å². The Kier molecular flexibility index (Phi) is 4.73. The van der Waals surface area contributed by atoms with Crippen LogP contribution >= 0.6 is 0 Å². The molecule has 0 bridgehead atoms. The van der Waals surface area contributed by atoms with Crippen LogP contribution in [-0.4, -0.2) is 22.1 Å². The third-order valence-electron chi connectivity index (χ3n) is 3.36. The van der Waals surface area contributed by atoms with E-state index in [0.29, 0.717) is 30.6 Å². The fraction of sp³-hybridized carbons (Fsp3) is 0.769. The Hall–Kier alpha value is -1.39. The molecule has 1 N–H and O–H groups in total. The van der Waals surface area contributed by atoms with E-state index in [1.54, 1.807) is 6.92 Å². The van der Waals surface area contributed by atoms with Crippen LogP contribution in [0.1, 0.15) is 56.7 Å². The van der Waals surface area contributed by atoms with Gasteiger partial charge in [0.2, 0.25) is 11.8 Å². The van der Waals surface area contributed by atoms with Gasteiger partial charge in [0, 0.05) is 18.9 Å². The normalized spacial score (nSPS) is 17.4. The van der Waals surface area contributed by atoms with E-state index in [2.05, 4.69) is 15.5 Å². The minimum absolute atomic E-state index is 0.0951. The van der Waals surface area contributed by atoms with E-state index in [1.807, 2.05) is 0 Å². The van der Waals surface area contributed by atoms with Gasteiger partial charge in [-0.15, -0.1) is 0 Å². The number of rotatable bonds is 4. The number of nitrogens with one attached hydrogen (secondary N) is 1. The van der Waals surface area contributed by atoms with Crippen molar-refractivity contribution in [1.29, 1.82) is 0 Å². The molecule has 2 rings (SSSR count). The highest BCUT2D eigenvalue weighted by atomic mass is 16.5. The molecule has 5 heteroatoms. The van der Waals surface area contributed by atoms with Crippen LogP contribution in [-0.2, 0) is 11.2 Å². The molecule has 0 atom stereocenters. The zero-order valence-corrected chi connectivity index (χ0v) is 10.9. The van der Waals surface area contributed by atoms with E-state index in [0.717, 1.165) is 12.8 Å². The summed E-state index contributed by atoms with van der Waals surface area (Å²) in [5, 5.41) is 6.81. The maximum absolute atomic E-state index is 11.8. The Morgan fingerprint density at radius 2 is 2.06 bits per heavy atom. The molecule has 0 aliphatic heterocycles. The predicted molar refractivity (Wildman–Crippen MR) is 67.0 cm³/mol. The Bertz CT molecular complexity index is 381. The zero-order valence-electron chi connectivity index (χ0n) is 10.9. The number of hydrogen-bond donors (Lipinski definition) is 1. The molecule has 0 unspecified atom stereocenters. The second-order valence-electron chi connectivity index (χ2n) is 4.99. The van der Waals surface area contributed by atoms with E-state index in [-0.39, 0.29) is 5.91 Å². The molecule has 0 radical (unpaired) electrons. The first-order chi connectivity index (χ1) is 8.74. The molecule has 1 saturated carbocycles. The maximum Gasteiger partial charge on any atom is 0.227 e. The minimum atomic E-state index is 0.0951. The van der Waals surface area contributed by atoms with Gasteiger partial charge < -0.3 is 9.84 Å². The lowest BCUT2D eigenvalue weighted by Crippen LogP contribution is -2.34. The smallest absolute Gasteiger partial charge is 0.227 e. The molecule has 5 nitrogen and oxygen atoms in total. The van der Waals surface area contributed by atoms with Crippen LogP contribution in [0.15, 0.2) is 4.52 Å². The molecule has 100 valence electrons. The highest BCUT2D eigenvalue weighted by Gasteiger charge is 2.15. The molecule has 1 heterocycles. The summed E-state index contributed by atoms with van der Waals surface area (Å²) in [6.45, 7) is 1.78. The lowest BCUT2D eigenvalue weighted by Gasteiger charge is -2.15. The van der Waals surface area contributed by atoms with Gasteiger partial charge in [0.1, 0.15) is 0 Å². The number of hydrogen-bond acceptors (Lipinski definition) is 4. The SMILES string of the molecule is Cc1noc(CCC(=O)NC2CCCCCC2)n1. The van der Waals surface area contributed by atoms with E-state index < -0.39 is 0 Å². The topological polar surface area (TPSA) is 68.0 Å². The van der Waals surface area contributed by atoms with Crippen molar-refractivity contribution >= 4 is 5.91 Å². The van der Waals surface area contributed by atoms with Crippen LogP contribution < -0.4 is 5.32 Å². The Morgan fingerprint density at radius 3 is 2.67 bits per heavy atom. The molecule has 1 aromatic heterocycles. The van der Waals surface area contributed by atoms with Gasteiger partial charge >= 0.3 is 0 Å². The lowest BCUT2D eigenvalue weighted by atomic mass is 10.1. The quantitative estimate of drug-likeness (QED) is 0.832. The monoisotopic (exact) mass is 251 g/mol. The van der Waals surface area contributed by atoms with Crippen molar-refractivity contribution in [2.75, 3.05) is 0 Å². The number of carbonyl (C=O) groups is 1. The van der Waals surface area contributed by atoms with Crippen molar-refractivity contribution in [2.45, 2.75) is 64.3 Å². The largest absolute Gasteiger partial charge is 0.353 e. The fourth-order valence-corrected chi connectivity index (χ4v) is 2.39. The highest BCUT2D eigenvalue weighted by Crippen LogP contribution is 2.17. The summed E-state index contributed by atoms with van der Waals surface area (Å²) in [5.74, 6) is 1.26. The van der Waals surface area contributed by atoms with Gasteiger partial charge in [-0.3, -0.25) is 4.79 Å². The zero-order chi connectivity index (χ0) is 12.8. The van der Waals surface area contributed by atoms with E-state index >= 15 is 0 Å². The summed E-state index contributed by atoms with van der Waals surface area (Å²) in [6, 6.07) is 0.365. The van der Waals surface area contributed by atoms with Crippen LogP contribution in [0.3, 0.4) is 0 Å². The molecule has 0 spiro atoms. The molecule has 18 heavy (non-hydrogen) atoms. The average molecular weight is 251 g/mol. The van der Waals surface area contributed by atoms with Crippen molar-refractivity contribution in [3.05, 3.63) is 11.7 Å². The molecular weight excluding hydrogens is 230 g/mol. The van der Waals surface area contributed by atoms with Crippen LogP contribution in [0.2, 0.25) is 0 Å². The molecule has 1 aliphatic carbocycles. The summed E-state index contributed by atoms with van der Waals surface area (Å²) in [5.41, 5.74) is 0. The average Bonchev–Trinajstić information content (AvgIpc) is 2.60.